The molecule has 0 amide bonds. The van der Waals surface area contributed by atoms with Crippen molar-refractivity contribution in [3.05, 3.63) is 59.2 Å². The summed E-state index contributed by atoms with van der Waals surface area (Å²) in [6.07, 6.45) is 1.08. The predicted octanol–water partition coefficient (Wildman–Crippen LogP) is 4.33. The van der Waals surface area contributed by atoms with E-state index in [1.807, 2.05) is 6.07 Å². The smallest absolute Gasteiger partial charge is 0.00989 e. The van der Waals surface area contributed by atoms with Gasteiger partial charge in [0, 0.05) is 0 Å². The molecule has 0 bridgehead atoms. The van der Waals surface area contributed by atoms with Gasteiger partial charge in [-0.3, -0.25) is 0 Å². The standard InChI is InChI=1S/C16H17/c1-4-14-9-8-13(3)16(11-14)15-7-5-6-12(2)10-15/h5-6,8-11H,4H2,1-3H3. The minimum atomic E-state index is 1.08. The zero-order valence-corrected chi connectivity index (χ0v) is 10.2. The number of rotatable bonds is 2. The molecule has 0 atom stereocenters. The van der Waals surface area contributed by atoms with Gasteiger partial charge in [0.05, 0.1) is 0 Å². The molecule has 0 fully saturated rings. The van der Waals surface area contributed by atoms with E-state index >= 15 is 0 Å². The van der Waals surface area contributed by atoms with E-state index in [1.165, 1.54) is 27.8 Å². The fraction of sp³-hybridized carbons (Fsp3) is 0.250. The Balaban J connectivity index is 2.54. The van der Waals surface area contributed by atoms with Gasteiger partial charge in [0.15, 0.2) is 0 Å². The second-order valence-corrected chi connectivity index (χ2v) is 4.28. The van der Waals surface area contributed by atoms with Crippen molar-refractivity contribution in [2.45, 2.75) is 27.2 Å². The Morgan fingerprint density at radius 2 is 1.88 bits per heavy atom. The Labute approximate surface area is 97.9 Å². The van der Waals surface area contributed by atoms with Gasteiger partial charge in [0.2, 0.25) is 0 Å². The summed E-state index contributed by atoms with van der Waals surface area (Å²) in [7, 11) is 0. The molecule has 0 saturated carbocycles. The van der Waals surface area contributed by atoms with Gasteiger partial charge in [-0.15, -0.1) is 0 Å². The predicted molar refractivity (Wildman–Crippen MR) is 69.6 cm³/mol. The highest BCUT2D eigenvalue weighted by atomic mass is 14.1. The Morgan fingerprint density at radius 1 is 1.06 bits per heavy atom. The summed E-state index contributed by atoms with van der Waals surface area (Å²) in [5.41, 5.74) is 6.50. The molecule has 1 radical (unpaired) electrons. The van der Waals surface area contributed by atoms with Gasteiger partial charge in [-0.1, -0.05) is 48.9 Å². The van der Waals surface area contributed by atoms with Crippen LogP contribution in [0.15, 0.2) is 36.4 Å². The SMILES string of the molecule is CCc1ccc(C)c(-c2[c]ccc(C)c2)c1. The molecule has 0 aliphatic heterocycles. The van der Waals surface area contributed by atoms with Crippen molar-refractivity contribution in [2.24, 2.45) is 0 Å². The molecule has 0 unspecified atom stereocenters. The summed E-state index contributed by atoms with van der Waals surface area (Å²) in [4.78, 5) is 0. The normalized spacial score (nSPS) is 10.4. The van der Waals surface area contributed by atoms with Crippen LogP contribution in [0.2, 0.25) is 0 Å². The minimum absolute atomic E-state index is 1.08. The number of benzene rings is 2. The number of hydrogen-bond acceptors (Lipinski definition) is 0. The fourth-order valence-corrected chi connectivity index (χ4v) is 1.92. The van der Waals surface area contributed by atoms with Crippen LogP contribution in [0.4, 0.5) is 0 Å². The summed E-state index contributed by atoms with van der Waals surface area (Å²) in [6, 6.07) is 16.3. The Kier molecular flexibility index (Phi) is 3.09. The summed E-state index contributed by atoms with van der Waals surface area (Å²) in [5, 5.41) is 0. The monoisotopic (exact) mass is 209 g/mol. The quantitative estimate of drug-likeness (QED) is 0.690. The summed E-state index contributed by atoms with van der Waals surface area (Å²) in [5.74, 6) is 0. The van der Waals surface area contributed by atoms with Crippen LogP contribution < -0.4 is 0 Å². The van der Waals surface area contributed by atoms with E-state index in [9.17, 15) is 0 Å². The van der Waals surface area contributed by atoms with E-state index in [-0.39, 0.29) is 0 Å². The first kappa shape index (κ1) is 10.9. The van der Waals surface area contributed by atoms with Crippen LogP contribution in [0.25, 0.3) is 11.1 Å². The Hall–Kier alpha value is -1.56. The van der Waals surface area contributed by atoms with E-state index in [1.54, 1.807) is 0 Å². The van der Waals surface area contributed by atoms with Crippen molar-refractivity contribution in [1.82, 2.24) is 0 Å². The topological polar surface area (TPSA) is 0 Å². The van der Waals surface area contributed by atoms with Crippen LogP contribution in [-0.4, -0.2) is 0 Å². The van der Waals surface area contributed by atoms with Crippen LogP contribution in [0.1, 0.15) is 23.6 Å². The third kappa shape index (κ3) is 2.16. The van der Waals surface area contributed by atoms with Crippen molar-refractivity contribution >= 4 is 0 Å². The average Bonchev–Trinajstić information content (AvgIpc) is 2.30. The first-order chi connectivity index (χ1) is 7.70. The second kappa shape index (κ2) is 4.52. The van der Waals surface area contributed by atoms with Crippen LogP contribution in [0, 0.1) is 19.9 Å². The molecule has 0 nitrogen and oxygen atoms in total. The third-order valence-corrected chi connectivity index (χ3v) is 2.96. The van der Waals surface area contributed by atoms with Crippen LogP contribution in [0.3, 0.4) is 0 Å². The maximum Gasteiger partial charge on any atom is -0.00989 e. The molecular formula is C16H17. The van der Waals surface area contributed by atoms with E-state index in [0.717, 1.165) is 6.42 Å². The van der Waals surface area contributed by atoms with E-state index in [4.69, 9.17) is 0 Å². The highest BCUT2D eigenvalue weighted by Crippen LogP contribution is 2.25. The van der Waals surface area contributed by atoms with Gasteiger partial charge in [-0.2, -0.15) is 0 Å². The number of aryl methyl sites for hydroxylation is 3. The van der Waals surface area contributed by atoms with Crippen molar-refractivity contribution in [2.75, 3.05) is 0 Å². The molecule has 0 aromatic heterocycles. The largest absolute Gasteiger partial charge is 0.0613 e. The van der Waals surface area contributed by atoms with Gasteiger partial charge in [0.1, 0.15) is 0 Å². The first-order valence-electron chi connectivity index (χ1n) is 5.79. The third-order valence-electron chi connectivity index (χ3n) is 2.96. The van der Waals surface area contributed by atoms with Gasteiger partial charge in [-0.25, -0.2) is 0 Å². The molecule has 0 saturated heterocycles. The fourth-order valence-electron chi connectivity index (χ4n) is 1.92. The van der Waals surface area contributed by atoms with Gasteiger partial charge < -0.3 is 0 Å². The highest BCUT2D eigenvalue weighted by molar-refractivity contribution is 5.68. The molecule has 0 N–H and O–H groups in total. The van der Waals surface area contributed by atoms with Gasteiger partial charge in [0.25, 0.3) is 0 Å². The van der Waals surface area contributed by atoms with Crippen molar-refractivity contribution in [3.8, 4) is 11.1 Å². The van der Waals surface area contributed by atoms with E-state index in [0.29, 0.717) is 0 Å². The highest BCUT2D eigenvalue weighted by Gasteiger charge is 2.03. The van der Waals surface area contributed by atoms with Crippen molar-refractivity contribution in [1.29, 1.82) is 0 Å². The maximum absolute atomic E-state index is 3.32. The van der Waals surface area contributed by atoms with E-state index in [2.05, 4.69) is 57.2 Å². The molecule has 2 aromatic rings. The summed E-state index contributed by atoms with van der Waals surface area (Å²) in [6.45, 7) is 6.47. The molecule has 0 spiro atoms. The lowest BCUT2D eigenvalue weighted by molar-refractivity contribution is 1.14. The van der Waals surface area contributed by atoms with E-state index < -0.39 is 0 Å². The average molecular weight is 209 g/mol. The molecule has 0 aliphatic rings. The molecule has 0 heteroatoms. The molecule has 2 rings (SSSR count). The second-order valence-electron chi connectivity index (χ2n) is 4.28. The lowest BCUT2D eigenvalue weighted by Crippen LogP contribution is -1.88. The van der Waals surface area contributed by atoms with Gasteiger partial charge in [-0.05, 0) is 48.6 Å². The Bertz CT molecular complexity index is 495. The lowest BCUT2D eigenvalue weighted by Gasteiger charge is -2.08. The van der Waals surface area contributed by atoms with Crippen molar-refractivity contribution in [3.63, 3.8) is 0 Å². The summed E-state index contributed by atoms with van der Waals surface area (Å²) < 4.78 is 0. The number of hydrogen-bond donors (Lipinski definition) is 0. The van der Waals surface area contributed by atoms with Crippen LogP contribution in [0.5, 0.6) is 0 Å². The zero-order chi connectivity index (χ0) is 11.5. The van der Waals surface area contributed by atoms with Crippen LogP contribution in [-0.2, 0) is 6.42 Å². The van der Waals surface area contributed by atoms with Crippen molar-refractivity contribution < 1.29 is 0 Å². The minimum Gasteiger partial charge on any atom is -0.0613 e. The molecule has 16 heavy (non-hydrogen) atoms. The van der Waals surface area contributed by atoms with Gasteiger partial charge >= 0.3 is 0 Å². The zero-order valence-electron chi connectivity index (χ0n) is 10.2. The Morgan fingerprint density at radius 3 is 2.56 bits per heavy atom. The molecule has 0 aliphatic carbocycles. The lowest BCUT2D eigenvalue weighted by atomic mass is 9.96. The molecular weight excluding hydrogens is 192 g/mol. The molecule has 2 aromatic carbocycles. The summed E-state index contributed by atoms with van der Waals surface area (Å²) >= 11 is 0. The first-order valence-corrected chi connectivity index (χ1v) is 5.79. The van der Waals surface area contributed by atoms with Crippen LogP contribution >= 0.6 is 0 Å². The molecule has 0 heterocycles. The maximum atomic E-state index is 3.32. The molecule has 81 valence electrons.